The molecule has 166 valence electrons. The first-order valence-corrected chi connectivity index (χ1v) is 10.8. The van der Waals surface area contributed by atoms with Gasteiger partial charge in [0.1, 0.15) is 11.6 Å². The van der Waals surface area contributed by atoms with Gasteiger partial charge >= 0.3 is 0 Å². The van der Waals surface area contributed by atoms with E-state index in [2.05, 4.69) is 36.4 Å². The lowest BCUT2D eigenvalue weighted by Gasteiger charge is -2.07. The summed E-state index contributed by atoms with van der Waals surface area (Å²) in [5.41, 5.74) is 1.91. The van der Waals surface area contributed by atoms with Gasteiger partial charge in [-0.3, -0.25) is 9.48 Å². The maximum absolute atomic E-state index is 13.5. The molecule has 1 N–H and O–H groups in total. The van der Waals surface area contributed by atoms with E-state index in [1.54, 1.807) is 24.7 Å². The fourth-order valence-electron chi connectivity index (χ4n) is 3.45. The lowest BCUT2D eigenvalue weighted by atomic mass is 10.1. The van der Waals surface area contributed by atoms with E-state index in [-0.39, 0.29) is 34.0 Å². The van der Waals surface area contributed by atoms with Crippen LogP contribution in [0.3, 0.4) is 0 Å². The smallest absolute Gasteiger partial charge is 0.264 e. The average molecular weight is 524 g/mol. The summed E-state index contributed by atoms with van der Waals surface area (Å²) in [4.78, 5) is 16.9. The molecule has 0 spiro atoms. The largest absolute Gasteiger partial charge is 0.306 e. The van der Waals surface area contributed by atoms with E-state index in [0.717, 1.165) is 10.0 Å². The van der Waals surface area contributed by atoms with Crippen LogP contribution in [0, 0.1) is 13.8 Å². The molecular weight excluding hydrogens is 506 g/mol. The van der Waals surface area contributed by atoms with Gasteiger partial charge < -0.3 is 5.32 Å². The number of nitrogens with one attached hydrogen (secondary N) is 1. The number of pyridine rings is 1. The van der Waals surface area contributed by atoms with Crippen molar-refractivity contribution in [1.29, 1.82) is 0 Å². The van der Waals surface area contributed by atoms with Crippen LogP contribution in [0.25, 0.3) is 11.0 Å². The molecule has 11 heteroatoms. The Balaban J connectivity index is 1.53. The monoisotopic (exact) mass is 522 g/mol. The number of carbonyl (C=O) groups is 1. The first kappa shape index (κ1) is 22.3. The number of fused-ring (bicyclic) bond motifs is 1. The zero-order chi connectivity index (χ0) is 23.0. The second-order valence-electron chi connectivity index (χ2n) is 7.29. The molecule has 32 heavy (non-hydrogen) atoms. The molecule has 3 heterocycles. The molecule has 1 amide bonds. The average Bonchev–Trinajstić information content (AvgIpc) is 3.22. The van der Waals surface area contributed by atoms with E-state index < -0.39 is 12.3 Å². The SMILES string of the molecule is Cc1cc(C(F)F)c2c(C)nn(CC(=O)Nc3nn(Cc4ccc(Br)cc4)cc3Cl)c2n1. The molecule has 0 unspecified atom stereocenters. The first-order valence-electron chi connectivity index (χ1n) is 9.61. The zero-order valence-electron chi connectivity index (χ0n) is 17.1. The Morgan fingerprint density at radius 1 is 1.22 bits per heavy atom. The molecule has 0 aliphatic carbocycles. The Hall–Kier alpha value is -2.85. The van der Waals surface area contributed by atoms with Crippen molar-refractivity contribution < 1.29 is 13.6 Å². The van der Waals surface area contributed by atoms with Crippen molar-refractivity contribution in [1.82, 2.24) is 24.5 Å². The summed E-state index contributed by atoms with van der Waals surface area (Å²) in [6.45, 7) is 3.49. The molecule has 0 aliphatic rings. The maximum atomic E-state index is 13.5. The molecule has 4 aromatic rings. The fourth-order valence-corrected chi connectivity index (χ4v) is 3.91. The molecule has 0 radical (unpaired) electrons. The van der Waals surface area contributed by atoms with Gasteiger partial charge in [-0.1, -0.05) is 39.7 Å². The molecule has 0 aliphatic heterocycles. The third-order valence-electron chi connectivity index (χ3n) is 4.80. The second kappa shape index (κ2) is 8.95. The van der Waals surface area contributed by atoms with Gasteiger partial charge in [0.2, 0.25) is 5.91 Å². The normalized spacial score (nSPS) is 11.5. The summed E-state index contributed by atoms with van der Waals surface area (Å²) in [5.74, 6) is -0.244. The molecule has 0 fully saturated rings. The van der Waals surface area contributed by atoms with Crippen LogP contribution in [0.2, 0.25) is 5.02 Å². The molecule has 0 saturated carbocycles. The van der Waals surface area contributed by atoms with Crippen LogP contribution in [0.15, 0.2) is 41.0 Å². The molecule has 0 atom stereocenters. The number of halogens is 4. The molecule has 7 nitrogen and oxygen atoms in total. The van der Waals surface area contributed by atoms with Gasteiger partial charge in [-0.15, -0.1) is 0 Å². The number of aromatic nitrogens is 5. The minimum atomic E-state index is -2.67. The van der Waals surface area contributed by atoms with Gasteiger partial charge in [-0.25, -0.2) is 18.4 Å². The van der Waals surface area contributed by atoms with Crippen LogP contribution in [0.1, 0.15) is 28.9 Å². The zero-order valence-corrected chi connectivity index (χ0v) is 19.5. The third-order valence-corrected chi connectivity index (χ3v) is 5.60. The van der Waals surface area contributed by atoms with Crippen molar-refractivity contribution in [2.45, 2.75) is 33.4 Å². The predicted molar refractivity (Wildman–Crippen MR) is 121 cm³/mol. The number of amides is 1. The number of nitrogens with zero attached hydrogens (tertiary/aromatic N) is 5. The first-order chi connectivity index (χ1) is 15.2. The van der Waals surface area contributed by atoms with Crippen molar-refractivity contribution in [2.24, 2.45) is 0 Å². The van der Waals surface area contributed by atoms with E-state index >= 15 is 0 Å². The van der Waals surface area contributed by atoms with Crippen molar-refractivity contribution in [3.8, 4) is 0 Å². The Kier molecular flexibility index (Phi) is 6.25. The maximum Gasteiger partial charge on any atom is 0.264 e. The predicted octanol–water partition coefficient (Wildman–Crippen LogP) is 5.29. The van der Waals surface area contributed by atoms with Crippen molar-refractivity contribution in [2.75, 3.05) is 5.32 Å². The number of rotatable bonds is 6. The fraction of sp³-hybridized carbons (Fsp3) is 0.238. The lowest BCUT2D eigenvalue weighted by molar-refractivity contribution is -0.116. The number of hydrogen-bond donors (Lipinski definition) is 1. The van der Waals surface area contributed by atoms with E-state index in [1.165, 1.54) is 10.7 Å². The number of benzene rings is 1. The van der Waals surface area contributed by atoms with Crippen LogP contribution < -0.4 is 5.32 Å². The van der Waals surface area contributed by atoms with Gasteiger partial charge in [0.15, 0.2) is 11.5 Å². The Morgan fingerprint density at radius 3 is 2.62 bits per heavy atom. The van der Waals surface area contributed by atoms with E-state index in [9.17, 15) is 13.6 Å². The highest BCUT2D eigenvalue weighted by Crippen LogP contribution is 2.30. The second-order valence-corrected chi connectivity index (χ2v) is 8.62. The van der Waals surface area contributed by atoms with Gasteiger partial charge in [0.05, 0.1) is 17.6 Å². The summed E-state index contributed by atoms with van der Waals surface area (Å²) in [6, 6.07) is 9.09. The van der Waals surface area contributed by atoms with Crippen LogP contribution in [-0.4, -0.2) is 30.5 Å². The van der Waals surface area contributed by atoms with Gasteiger partial charge in [-0.05, 0) is 37.6 Å². The summed E-state index contributed by atoms with van der Waals surface area (Å²) >= 11 is 9.63. The Morgan fingerprint density at radius 2 is 1.94 bits per heavy atom. The van der Waals surface area contributed by atoms with Crippen molar-refractivity contribution in [3.63, 3.8) is 0 Å². The minimum absolute atomic E-state index is 0.147. The van der Waals surface area contributed by atoms with Crippen molar-refractivity contribution in [3.05, 3.63) is 68.5 Å². The van der Waals surface area contributed by atoms with Crippen LogP contribution >= 0.6 is 27.5 Å². The lowest BCUT2D eigenvalue weighted by Crippen LogP contribution is -2.20. The number of alkyl halides is 2. The summed E-state index contributed by atoms with van der Waals surface area (Å²) in [7, 11) is 0. The highest BCUT2D eigenvalue weighted by Gasteiger charge is 2.21. The number of aryl methyl sites for hydroxylation is 2. The Labute approximate surface area is 195 Å². The van der Waals surface area contributed by atoms with Gasteiger partial charge in [0.25, 0.3) is 6.43 Å². The highest BCUT2D eigenvalue weighted by molar-refractivity contribution is 9.10. The van der Waals surface area contributed by atoms with E-state index in [4.69, 9.17) is 11.6 Å². The molecular formula is C21H18BrClF2N6O. The summed E-state index contributed by atoms with van der Waals surface area (Å²) < 4.78 is 30.8. The van der Waals surface area contributed by atoms with Gasteiger partial charge in [-0.2, -0.15) is 10.2 Å². The van der Waals surface area contributed by atoms with Crippen molar-refractivity contribution >= 4 is 50.3 Å². The van der Waals surface area contributed by atoms with E-state index in [0.29, 0.717) is 17.9 Å². The summed E-state index contributed by atoms with van der Waals surface area (Å²) in [5, 5.41) is 11.8. The molecule has 3 aromatic heterocycles. The summed E-state index contributed by atoms with van der Waals surface area (Å²) in [6.07, 6.45) is -1.05. The Bertz CT molecular complexity index is 1300. The minimum Gasteiger partial charge on any atom is -0.306 e. The van der Waals surface area contributed by atoms with E-state index in [1.807, 2.05) is 24.3 Å². The number of hydrogen-bond acceptors (Lipinski definition) is 4. The van der Waals surface area contributed by atoms with Crippen LogP contribution in [0.5, 0.6) is 0 Å². The van der Waals surface area contributed by atoms with Crippen LogP contribution in [-0.2, 0) is 17.9 Å². The number of anilines is 1. The molecule has 0 saturated heterocycles. The third kappa shape index (κ3) is 4.66. The van der Waals surface area contributed by atoms with Gasteiger partial charge in [0, 0.05) is 21.9 Å². The number of carbonyl (C=O) groups excluding carboxylic acids is 1. The quantitative estimate of drug-likeness (QED) is 0.373. The topological polar surface area (TPSA) is 77.6 Å². The molecule has 0 bridgehead atoms. The standard InChI is InChI=1S/C21H18BrClF2N6O/c1-11-7-15(19(24)25)18-12(2)28-31(21(18)26-11)10-17(32)27-20-16(23)9-30(29-20)8-13-3-5-14(22)6-4-13/h3-7,9,19H,8,10H2,1-2H3,(H,27,29,32). The van der Waals surface area contributed by atoms with Crippen LogP contribution in [0.4, 0.5) is 14.6 Å². The molecule has 1 aromatic carbocycles. The highest BCUT2D eigenvalue weighted by atomic mass is 79.9. The molecule has 4 rings (SSSR count).